The zero-order valence-electron chi connectivity index (χ0n) is 19.6. The molecular weight excluding hydrogens is 436 g/mol. The average Bonchev–Trinajstić information content (AvgIpc) is 3.51. The van der Waals surface area contributed by atoms with Crippen molar-refractivity contribution in [2.75, 3.05) is 31.6 Å². The van der Waals surface area contributed by atoms with Gasteiger partial charge in [-0.3, -0.25) is 4.79 Å². The first-order chi connectivity index (χ1) is 16.5. The molecule has 0 aliphatic carbocycles. The number of carbonyl (C=O) groups is 2. The Kier molecular flexibility index (Phi) is 7.59. The Morgan fingerprint density at radius 1 is 1.21 bits per heavy atom. The van der Waals surface area contributed by atoms with Crippen LogP contribution in [0.1, 0.15) is 43.1 Å². The predicted octanol–water partition coefficient (Wildman–Crippen LogP) is 2.19. The zero-order chi connectivity index (χ0) is 24.1. The highest BCUT2D eigenvalue weighted by molar-refractivity contribution is 6.20. The largest absolute Gasteiger partial charge is 0.488 e. The van der Waals surface area contributed by atoms with Gasteiger partial charge in [-0.15, -0.1) is 0 Å². The van der Waals surface area contributed by atoms with E-state index in [2.05, 4.69) is 27.2 Å². The molecule has 0 aromatic carbocycles. The van der Waals surface area contributed by atoms with Crippen LogP contribution in [0.3, 0.4) is 0 Å². The van der Waals surface area contributed by atoms with Gasteiger partial charge < -0.3 is 25.4 Å². The van der Waals surface area contributed by atoms with E-state index in [-0.39, 0.29) is 35.4 Å². The van der Waals surface area contributed by atoms with Crippen molar-refractivity contribution in [3.63, 3.8) is 0 Å². The molecule has 4 heterocycles. The summed E-state index contributed by atoms with van der Waals surface area (Å²) in [5, 5.41) is 3.39. The summed E-state index contributed by atoms with van der Waals surface area (Å²) in [6.45, 7) is 4.31. The molecule has 2 saturated heterocycles. The number of carbonyl (C=O) groups excluding carboxylic acids is 2. The molecule has 3 N–H and O–H groups in total. The van der Waals surface area contributed by atoms with E-state index in [1.54, 1.807) is 24.3 Å². The van der Waals surface area contributed by atoms with Gasteiger partial charge in [0.25, 0.3) is 5.91 Å². The molecule has 2 aliphatic rings. The summed E-state index contributed by atoms with van der Waals surface area (Å²) in [4.78, 5) is 37.5. The number of nitrogens with two attached hydrogens (primary N) is 1. The van der Waals surface area contributed by atoms with Crippen molar-refractivity contribution in [2.24, 2.45) is 5.73 Å². The minimum absolute atomic E-state index is 0.0155. The van der Waals surface area contributed by atoms with Gasteiger partial charge in [-0.05, 0) is 77.0 Å². The molecule has 2 aromatic heterocycles. The number of nitrogens with one attached hydrogen (secondary N) is 1. The lowest BCUT2D eigenvalue weighted by Gasteiger charge is -2.25. The van der Waals surface area contributed by atoms with Crippen LogP contribution in [0.5, 0.6) is 11.5 Å². The van der Waals surface area contributed by atoms with Crippen LogP contribution in [-0.4, -0.2) is 71.7 Å². The molecule has 4 rings (SSSR count). The van der Waals surface area contributed by atoms with Crippen molar-refractivity contribution in [1.82, 2.24) is 20.2 Å². The molecule has 3 atom stereocenters. The molecule has 10 nitrogen and oxygen atoms in total. The van der Waals surface area contributed by atoms with Crippen LogP contribution in [0.25, 0.3) is 0 Å². The molecule has 2 fully saturated rings. The van der Waals surface area contributed by atoms with Gasteiger partial charge in [0.1, 0.15) is 12.7 Å². The van der Waals surface area contributed by atoms with Crippen molar-refractivity contribution >= 4 is 17.8 Å². The first-order valence-corrected chi connectivity index (χ1v) is 11.7. The molecular formula is C24H32N6O4. The fourth-order valence-corrected chi connectivity index (χ4v) is 4.49. The predicted molar refractivity (Wildman–Crippen MR) is 127 cm³/mol. The standard InChI is InChI=1S/C24H32N6O4/c1-16(18-8-3-11-26-18)34-19-9-4-12-27-21(19)23(31)30(24(25)32)22-20(10-5-13-28-22)33-15-17-7-6-14-29(17)2/h4-5,9-10,12-13,16-18,26H,3,6-8,11,14-15H2,1-2H3,(H2,25,32)/t16?,17-,18+/m0/s1. The average molecular weight is 469 g/mol. The number of likely N-dealkylation sites (N-methyl/N-ethyl adjacent to an activating group) is 1. The van der Waals surface area contributed by atoms with Crippen LogP contribution in [0.4, 0.5) is 10.6 Å². The minimum Gasteiger partial charge on any atom is -0.488 e. The Labute approximate surface area is 199 Å². The number of anilines is 1. The number of likely N-dealkylation sites (tertiary alicyclic amines) is 1. The number of aromatic nitrogens is 2. The Morgan fingerprint density at radius 3 is 2.65 bits per heavy atom. The molecule has 3 amide bonds. The van der Waals surface area contributed by atoms with E-state index in [9.17, 15) is 9.59 Å². The second kappa shape index (κ2) is 10.8. The monoisotopic (exact) mass is 468 g/mol. The highest BCUT2D eigenvalue weighted by Crippen LogP contribution is 2.30. The molecule has 10 heteroatoms. The second-order valence-electron chi connectivity index (χ2n) is 8.77. The highest BCUT2D eigenvalue weighted by Gasteiger charge is 2.32. The Balaban J connectivity index is 1.58. The topological polar surface area (TPSA) is 123 Å². The molecule has 1 unspecified atom stereocenters. The number of ether oxygens (including phenoxy) is 2. The number of rotatable bonds is 8. The highest BCUT2D eigenvalue weighted by atomic mass is 16.5. The summed E-state index contributed by atoms with van der Waals surface area (Å²) in [6.07, 6.45) is 6.97. The van der Waals surface area contributed by atoms with Crippen molar-refractivity contribution in [3.8, 4) is 11.5 Å². The Hall–Kier alpha value is -3.24. The number of imide groups is 1. The fraction of sp³-hybridized carbons (Fsp3) is 0.500. The third kappa shape index (κ3) is 5.28. The number of hydrogen-bond donors (Lipinski definition) is 2. The van der Waals surface area contributed by atoms with Crippen LogP contribution in [0, 0.1) is 0 Å². The van der Waals surface area contributed by atoms with Crippen LogP contribution in [0.2, 0.25) is 0 Å². The van der Waals surface area contributed by atoms with Gasteiger partial charge in [0.15, 0.2) is 23.0 Å². The van der Waals surface area contributed by atoms with E-state index < -0.39 is 11.9 Å². The molecule has 0 spiro atoms. The summed E-state index contributed by atoms with van der Waals surface area (Å²) in [5.74, 6) is -0.109. The number of urea groups is 1. The summed E-state index contributed by atoms with van der Waals surface area (Å²) in [5.41, 5.74) is 5.64. The van der Waals surface area contributed by atoms with Gasteiger partial charge in [-0.1, -0.05) is 0 Å². The van der Waals surface area contributed by atoms with Crippen molar-refractivity contribution in [2.45, 2.75) is 50.8 Å². The molecule has 0 saturated carbocycles. The molecule has 0 bridgehead atoms. The summed E-state index contributed by atoms with van der Waals surface area (Å²) < 4.78 is 12.1. The summed E-state index contributed by atoms with van der Waals surface area (Å²) in [6, 6.07) is 6.16. The van der Waals surface area contributed by atoms with E-state index >= 15 is 0 Å². The van der Waals surface area contributed by atoms with E-state index in [1.807, 2.05) is 6.92 Å². The van der Waals surface area contributed by atoms with Crippen LogP contribution < -0.4 is 25.4 Å². The van der Waals surface area contributed by atoms with E-state index in [0.29, 0.717) is 12.4 Å². The number of amides is 3. The van der Waals surface area contributed by atoms with Crippen molar-refractivity contribution < 1.29 is 19.1 Å². The van der Waals surface area contributed by atoms with Gasteiger partial charge >= 0.3 is 6.03 Å². The fourth-order valence-electron chi connectivity index (χ4n) is 4.49. The van der Waals surface area contributed by atoms with Crippen LogP contribution in [-0.2, 0) is 0 Å². The van der Waals surface area contributed by atoms with Gasteiger partial charge in [-0.25, -0.2) is 19.7 Å². The number of hydrogen-bond acceptors (Lipinski definition) is 8. The summed E-state index contributed by atoms with van der Waals surface area (Å²) >= 11 is 0. The van der Waals surface area contributed by atoms with Crippen LogP contribution in [0.15, 0.2) is 36.7 Å². The van der Waals surface area contributed by atoms with Gasteiger partial charge in [-0.2, -0.15) is 0 Å². The van der Waals surface area contributed by atoms with Gasteiger partial charge in [0, 0.05) is 24.5 Å². The normalized spacial score (nSPS) is 21.2. The lowest BCUT2D eigenvalue weighted by Crippen LogP contribution is -2.43. The molecule has 182 valence electrons. The number of pyridine rings is 2. The SMILES string of the molecule is CC(Oc1cccnc1C(=O)N(C(N)=O)c1ncccc1OC[C@@H]1CCCN1C)[C@H]1CCCN1. The third-order valence-electron chi connectivity index (χ3n) is 6.44. The third-order valence-corrected chi connectivity index (χ3v) is 6.44. The lowest BCUT2D eigenvalue weighted by molar-refractivity contribution is 0.0978. The van der Waals surface area contributed by atoms with E-state index in [0.717, 1.165) is 43.7 Å². The summed E-state index contributed by atoms with van der Waals surface area (Å²) in [7, 11) is 2.05. The van der Waals surface area contributed by atoms with Crippen LogP contribution >= 0.6 is 0 Å². The molecule has 34 heavy (non-hydrogen) atoms. The lowest BCUT2D eigenvalue weighted by atomic mass is 10.1. The Morgan fingerprint density at radius 2 is 1.97 bits per heavy atom. The van der Waals surface area contributed by atoms with E-state index in [1.165, 1.54) is 12.4 Å². The molecule has 0 radical (unpaired) electrons. The second-order valence-corrected chi connectivity index (χ2v) is 8.77. The quantitative estimate of drug-likeness (QED) is 0.604. The van der Waals surface area contributed by atoms with Crippen molar-refractivity contribution in [3.05, 3.63) is 42.4 Å². The van der Waals surface area contributed by atoms with Gasteiger partial charge in [0.2, 0.25) is 0 Å². The minimum atomic E-state index is -0.978. The maximum atomic E-state index is 13.5. The Bertz CT molecular complexity index is 1010. The van der Waals surface area contributed by atoms with E-state index in [4.69, 9.17) is 15.2 Å². The number of primary amides is 1. The first-order valence-electron chi connectivity index (χ1n) is 11.7. The maximum absolute atomic E-state index is 13.5. The van der Waals surface area contributed by atoms with Gasteiger partial charge in [0.05, 0.1) is 0 Å². The number of nitrogens with zero attached hydrogens (tertiary/aromatic N) is 4. The first kappa shape index (κ1) is 23.9. The molecule has 2 aromatic rings. The van der Waals surface area contributed by atoms with Crippen molar-refractivity contribution in [1.29, 1.82) is 0 Å². The zero-order valence-corrected chi connectivity index (χ0v) is 19.6. The smallest absolute Gasteiger partial charge is 0.327 e. The maximum Gasteiger partial charge on any atom is 0.327 e. The molecule has 2 aliphatic heterocycles.